The zero-order valence-electron chi connectivity index (χ0n) is 10.8. The first-order valence-electron chi connectivity index (χ1n) is 7.35. The van der Waals surface area contributed by atoms with Gasteiger partial charge in [-0.25, -0.2) is 0 Å². The first-order valence-corrected chi connectivity index (χ1v) is 7.35. The Bertz CT molecular complexity index is 346. The van der Waals surface area contributed by atoms with Gasteiger partial charge in [0.1, 0.15) is 12.1 Å². The lowest BCUT2D eigenvalue weighted by Crippen LogP contribution is -2.62. The van der Waals surface area contributed by atoms with Crippen molar-refractivity contribution < 1.29 is 9.59 Å². The minimum atomic E-state index is -0.282. The second kappa shape index (κ2) is 4.90. The maximum atomic E-state index is 12.0. The van der Waals surface area contributed by atoms with E-state index >= 15 is 0 Å². The Morgan fingerprint density at radius 3 is 2.28 bits per heavy atom. The van der Waals surface area contributed by atoms with Crippen LogP contribution in [0.5, 0.6) is 0 Å². The van der Waals surface area contributed by atoms with E-state index in [-0.39, 0.29) is 23.9 Å². The van der Waals surface area contributed by atoms with E-state index < -0.39 is 0 Å². The number of nitrogens with one attached hydrogen (secondary N) is 2. The predicted octanol–water partition coefficient (Wildman–Crippen LogP) is 1.35. The van der Waals surface area contributed by atoms with Crippen LogP contribution in [0.3, 0.4) is 0 Å². The van der Waals surface area contributed by atoms with Crippen LogP contribution in [0.2, 0.25) is 0 Å². The van der Waals surface area contributed by atoms with Gasteiger partial charge in [0, 0.05) is 0 Å². The Hall–Kier alpha value is -1.06. The molecule has 0 spiro atoms. The van der Waals surface area contributed by atoms with Crippen molar-refractivity contribution >= 4 is 11.8 Å². The molecule has 2 saturated carbocycles. The molecule has 3 rings (SSSR count). The lowest BCUT2D eigenvalue weighted by atomic mass is 9.84. The molecule has 2 atom stereocenters. The third-order valence-corrected chi connectivity index (χ3v) is 4.60. The van der Waals surface area contributed by atoms with E-state index in [0.29, 0.717) is 11.8 Å². The summed E-state index contributed by atoms with van der Waals surface area (Å²) < 4.78 is 0. The predicted molar refractivity (Wildman–Crippen MR) is 67.8 cm³/mol. The molecule has 4 nitrogen and oxygen atoms in total. The summed E-state index contributed by atoms with van der Waals surface area (Å²) in [6, 6.07) is -0.532. The Labute approximate surface area is 108 Å². The summed E-state index contributed by atoms with van der Waals surface area (Å²) in [4.78, 5) is 24.0. The van der Waals surface area contributed by atoms with E-state index in [1.165, 1.54) is 32.1 Å². The maximum absolute atomic E-state index is 12.0. The van der Waals surface area contributed by atoms with Crippen LogP contribution in [0.4, 0.5) is 0 Å². The smallest absolute Gasteiger partial charge is 0.243 e. The van der Waals surface area contributed by atoms with Gasteiger partial charge in [-0.15, -0.1) is 0 Å². The summed E-state index contributed by atoms with van der Waals surface area (Å²) in [5.41, 5.74) is 0. The zero-order valence-corrected chi connectivity index (χ0v) is 10.8. The number of rotatable bonds is 3. The third-order valence-electron chi connectivity index (χ3n) is 4.60. The van der Waals surface area contributed by atoms with Gasteiger partial charge in [-0.1, -0.05) is 32.1 Å². The van der Waals surface area contributed by atoms with E-state index in [1.54, 1.807) is 0 Å². The summed E-state index contributed by atoms with van der Waals surface area (Å²) in [5, 5.41) is 5.85. The molecule has 2 aliphatic carbocycles. The van der Waals surface area contributed by atoms with Crippen LogP contribution in [-0.4, -0.2) is 23.9 Å². The molecule has 4 heteroatoms. The number of carbonyl (C=O) groups is 2. The Morgan fingerprint density at radius 2 is 1.61 bits per heavy atom. The van der Waals surface area contributed by atoms with Crippen LogP contribution < -0.4 is 10.6 Å². The average Bonchev–Trinajstić information content (AvgIpc) is 3.19. The van der Waals surface area contributed by atoms with Gasteiger partial charge in [-0.3, -0.25) is 9.59 Å². The fraction of sp³-hybridized carbons (Fsp3) is 0.857. The molecule has 1 saturated heterocycles. The molecule has 1 heterocycles. The molecular formula is C14H22N2O2. The van der Waals surface area contributed by atoms with E-state index in [4.69, 9.17) is 0 Å². The van der Waals surface area contributed by atoms with Crippen LogP contribution in [0.25, 0.3) is 0 Å². The van der Waals surface area contributed by atoms with Crippen molar-refractivity contribution in [3.05, 3.63) is 0 Å². The van der Waals surface area contributed by atoms with Gasteiger partial charge in [0.2, 0.25) is 11.8 Å². The first kappa shape index (κ1) is 12.0. The van der Waals surface area contributed by atoms with Crippen molar-refractivity contribution in [1.82, 2.24) is 10.6 Å². The van der Waals surface area contributed by atoms with E-state index in [9.17, 15) is 9.59 Å². The highest BCUT2D eigenvalue weighted by Crippen LogP contribution is 2.34. The minimum absolute atomic E-state index is 0.0390. The van der Waals surface area contributed by atoms with Crippen LogP contribution in [-0.2, 0) is 9.59 Å². The van der Waals surface area contributed by atoms with Crippen molar-refractivity contribution in [3.63, 3.8) is 0 Å². The minimum Gasteiger partial charge on any atom is -0.343 e. The van der Waals surface area contributed by atoms with Gasteiger partial charge in [-0.2, -0.15) is 0 Å². The van der Waals surface area contributed by atoms with Crippen LogP contribution in [0, 0.1) is 11.8 Å². The van der Waals surface area contributed by atoms with Crippen LogP contribution in [0.1, 0.15) is 51.4 Å². The summed E-state index contributed by atoms with van der Waals surface area (Å²) >= 11 is 0. The molecule has 100 valence electrons. The Morgan fingerprint density at radius 1 is 0.889 bits per heavy atom. The van der Waals surface area contributed by atoms with Crippen LogP contribution >= 0.6 is 0 Å². The molecule has 0 radical (unpaired) electrons. The number of amides is 2. The SMILES string of the molecule is O=C1N[C@@H](C2CC2)C(=O)N[C@H]1CC1CCCCC1. The fourth-order valence-corrected chi connectivity index (χ4v) is 3.33. The maximum Gasteiger partial charge on any atom is 0.243 e. The third kappa shape index (κ3) is 2.52. The van der Waals surface area contributed by atoms with Gasteiger partial charge in [-0.05, 0) is 31.1 Å². The van der Waals surface area contributed by atoms with E-state index in [1.807, 2.05) is 0 Å². The average molecular weight is 250 g/mol. The number of carbonyl (C=O) groups excluding carboxylic acids is 2. The normalized spacial score (nSPS) is 34.0. The molecule has 18 heavy (non-hydrogen) atoms. The summed E-state index contributed by atoms with van der Waals surface area (Å²) in [6.07, 6.45) is 9.28. The molecule has 0 aromatic carbocycles. The standard InChI is InChI=1S/C14H22N2O2/c17-13-11(8-9-4-2-1-3-5-9)15-14(18)12(16-13)10-6-7-10/h9-12H,1-8H2,(H,15,18)(H,16,17)/t11-,12-/m0/s1. The van der Waals surface area contributed by atoms with Crippen molar-refractivity contribution in [3.8, 4) is 0 Å². The molecule has 0 unspecified atom stereocenters. The lowest BCUT2D eigenvalue weighted by molar-refractivity contribution is -0.137. The number of hydrogen-bond donors (Lipinski definition) is 2. The largest absolute Gasteiger partial charge is 0.343 e. The number of hydrogen-bond acceptors (Lipinski definition) is 2. The lowest BCUT2D eigenvalue weighted by Gasteiger charge is -2.32. The number of piperazine rings is 1. The molecule has 0 aromatic heterocycles. The van der Waals surface area contributed by atoms with Crippen molar-refractivity contribution in [2.24, 2.45) is 11.8 Å². The second-order valence-corrected chi connectivity index (χ2v) is 6.12. The van der Waals surface area contributed by atoms with Gasteiger partial charge in [0.05, 0.1) is 0 Å². The molecule has 3 aliphatic rings. The Kier molecular flexibility index (Phi) is 3.27. The van der Waals surface area contributed by atoms with Crippen molar-refractivity contribution in [1.29, 1.82) is 0 Å². The molecular weight excluding hydrogens is 228 g/mol. The second-order valence-electron chi connectivity index (χ2n) is 6.12. The van der Waals surface area contributed by atoms with Crippen LogP contribution in [0.15, 0.2) is 0 Å². The van der Waals surface area contributed by atoms with Gasteiger partial charge < -0.3 is 10.6 Å². The topological polar surface area (TPSA) is 58.2 Å². The molecule has 2 amide bonds. The zero-order chi connectivity index (χ0) is 12.5. The van der Waals surface area contributed by atoms with Crippen molar-refractivity contribution in [2.75, 3.05) is 0 Å². The summed E-state index contributed by atoms with van der Waals surface area (Å²) in [5.74, 6) is 1.09. The van der Waals surface area contributed by atoms with Gasteiger partial charge in [0.25, 0.3) is 0 Å². The molecule has 3 fully saturated rings. The molecule has 2 N–H and O–H groups in total. The summed E-state index contributed by atoms with van der Waals surface area (Å²) in [6.45, 7) is 0. The highest BCUT2D eigenvalue weighted by Gasteiger charge is 2.42. The highest BCUT2D eigenvalue weighted by molar-refractivity contribution is 5.97. The first-order chi connectivity index (χ1) is 8.74. The fourth-order valence-electron chi connectivity index (χ4n) is 3.33. The van der Waals surface area contributed by atoms with E-state index in [2.05, 4.69) is 10.6 Å². The monoisotopic (exact) mass is 250 g/mol. The molecule has 1 aliphatic heterocycles. The highest BCUT2D eigenvalue weighted by atomic mass is 16.2. The quantitative estimate of drug-likeness (QED) is 0.794. The summed E-state index contributed by atoms with van der Waals surface area (Å²) in [7, 11) is 0. The molecule has 0 aromatic rings. The van der Waals surface area contributed by atoms with Crippen molar-refractivity contribution in [2.45, 2.75) is 63.5 Å². The van der Waals surface area contributed by atoms with E-state index in [0.717, 1.165) is 19.3 Å². The Balaban J connectivity index is 1.56. The molecule has 0 bridgehead atoms. The van der Waals surface area contributed by atoms with Gasteiger partial charge in [0.15, 0.2) is 0 Å². The van der Waals surface area contributed by atoms with Gasteiger partial charge >= 0.3 is 0 Å².